The molecule has 1 saturated carbocycles. The Morgan fingerprint density at radius 1 is 1.14 bits per heavy atom. The van der Waals surface area contributed by atoms with E-state index in [2.05, 4.69) is 26.6 Å². The largest absolute Gasteiger partial charge is 0.493 e. The van der Waals surface area contributed by atoms with Crippen molar-refractivity contribution in [2.24, 2.45) is 5.92 Å². The van der Waals surface area contributed by atoms with Crippen molar-refractivity contribution in [3.8, 4) is 22.8 Å². The Bertz CT molecular complexity index is 1410. The van der Waals surface area contributed by atoms with Gasteiger partial charge in [-0.05, 0) is 55.9 Å². The molecule has 0 bridgehead atoms. The minimum atomic E-state index is -0.629. The molecule has 0 saturated heterocycles. The first-order valence-corrected chi connectivity index (χ1v) is 13.1. The van der Waals surface area contributed by atoms with Crippen LogP contribution in [0, 0.1) is 19.8 Å². The van der Waals surface area contributed by atoms with Crippen molar-refractivity contribution in [3.05, 3.63) is 59.3 Å². The van der Waals surface area contributed by atoms with E-state index in [0.717, 1.165) is 42.4 Å². The molecule has 0 aromatic carbocycles. The van der Waals surface area contributed by atoms with E-state index in [1.807, 2.05) is 31.3 Å². The number of fused-ring (bicyclic) bond motifs is 2. The van der Waals surface area contributed by atoms with Crippen LogP contribution in [0.3, 0.4) is 0 Å². The third kappa shape index (κ3) is 4.46. The monoisotopic (exact) mass is 502 g/mol. The lowest BCUT2D eigenvalue weighted by molar-refractivity contribution is 0.114. The lowest BCUT2D eigenvalue weighted by Crippen LogP contribution is -2.38. The summed E-state index contributed by atoms with van der Waals surface area (Å²) < 4.78 is 15.9. The van der Waals surface area contributed by atoms with Gasteiger partial charge in [-0.25, -0.2) is 4.52 Å². The Labute approximate surface area is 216 Å². The van der Waals surface area contributed by atoms with Gasteiger partial charge in [-0.15, -0.1) is 0 Å². The maximum Gasteiger partial charge on any atom is 0.168 e. The normalized spacial score (nSPS) is 17.0. The molecular formula is C28H34N6O3. The molecule has 4 aromatic heterocycles. The van der Waals surface area contributed by atoms with Crippen molar-refractivity contribution < 1.29 is 14.6 Å². The zero-order valence-electron chi connectivity index (χ0n) is 21.7. The van der Waals surface area contributed by atoms with Crippen LogP contribution < -0.4 is 9.47 Å². The number of aliphatic hydroxyl groups excluding tert-OH is 1. The van der Waals surface area contributed by atoms with Crippen molar-refractivity contribution in [3.63, 3.8) is 0 Å². The molecule has 0 radical (unpaired) electrons. The summed E-state index contributed by atoms with van der Waals surface area (Å²) in [6, 6.07) is 5.82. The molecule has 4 aromatic rings. The molecule has 1 atom stereocenters. The molecule has 1 N–H and O–H groups in total. The first-order chi connectivity index (χ1) is 18.0. The van der Waals surface area contributed by atoms with Gasteiger partial charge in [0.05, 0.1) is 43.5 Å². The molecule has 1 aliphatic heterocycles. The van der Waals surface area contributed by atoms with Gasteiger partial charge in [0.2, 0.25) is 0 Å². The fourth-order valence-corrected chi connectivity index (χ4v) is 5.41. The number of aliphatic hydroxyl groups is 1. The van der Waals surface area contributed by atoms with Gasteiger partial charge in [0.25, 0.3) is 0 Å². The van der Waals surface area contributed by atoms with Crippen molar-refractivity contribution in [2.45, 2.75) is 52.3 Å². The highest BCUT2D eigenvalue weighted by atomic mass is 16.5. The number of aryl methyl sites for hydroxylation is 1. The highest BCUT2D eigenvalue weighted by Crippen LogP contribution is 2.37. The average Bonchev–Trinajstić information content (AvgIpc) is 3.46. The van der Waals surface area contributed by atoms with Gasteiger partial charge in [0, 0.05) is 37.6 Å². The van der Waals surface area contributed by atoms with Gasteiger partial charge in [-0.1, -0.05) is 12.5 Å². The van der Waals surface area contributed by atoms with E-state index in [1.54, 1.807) is 24.0 Å². The van der Waals surface area contributed by atoms with Crippen LogP contribution in [0.2, 0.25) is 0 Å². The summed E-state index contributed by atoms with van der Waals surface area (Å²) in [7, 11) is 1.61. The number of methoxy groups -OCH3 is 1. The number of aromatic nitrogens is 5. The molecule has 1 aliphatic carbocycles. The van der Waals surface area contributed by atoms with E-state index in [1.165, 1.54) is 37.1 Å². The minimum absolute atomic E-state index is 0.211. The molecule has 1 fully saturated rings. The summed E-state index contributed by atoms with van der Waals surface area (Å²) in [5.41, 5.74) is 6.70. The number of pyridine rings is 2. The predicted octanol–water partition coefficient (Wildman–Crippen LogP) is 3.95. The highest BCUT2D eigenvalue weighted by molar-refractivity contribution is 5.75. The molecule has 0 amide bonds. The summed E-state index contributed by atoms with van der Waals surface area (Å²) in [4.78, 5) is 7.05. The predicted molar refractivity (Wildman–Crippen MR) is 140 cm³/mol. The highest BCUT2D eigenvalue weighted by Gasteiger charge is 2.27. The topological polar surface area (TPSA) is 89.9 Å². The third-order valence-corrected chi connectivity index (χ3v) is 7.80. The second kappa shape index (κ2) is 9.79. The Balaban J connectivity index is 1.36. The smallest absolute Gasteiger partial charge is 0.168 e. The molecule has 5 heterocycles. The van der Waals surface area contributed by atoms with E-state index in [4.69, 9.17) is 14.6 Å². The Hall–Kier alpha value is -3.43. The number of nitrogens with zero attached hydrogens (tertiary/aromatic N) is 6. The van der Waals surface area contributed by atoms with Crippen LogP contribution in [-0.2, 0) is 13.1 Å². The lowest BCUT2D eigenvalue weighted by atomic mass is 9.85. The third-order valence-electron chi connectivity index (χ3n) is 7.80. The van der Waals surface area contributed by atoms with Crippen LogP contribution in [0.1, 0.15) is 47.9 Å². The van der Waals surface area contributed by atoms with Crippen LogP contribution in [0.15, 0.2) is 36.8 Å². The van der Waals surface area contributed by atoms with Crippen molar-refractivity contribution in [1.82, 2.24) is 29.3 Å². The van der Waals surface area contributed by atoms with Gasteiger partial charge in [-0.3, -0.25) is 14.6 Å². The summed E-state index contributed by atoms with van der Waals surface area (Å²) in [6.45, 7) is 7.98. The molecule has 9 heteroatoms. The first-order valence-electron chi connectivity index (χ1n) is 13.1. The van der Waals surface area contributed by atoms with E-state index < -0.39 is 6.10 Å². The second-order valence-electron chi connectivity index (χ2n) is 10.3. The fourth-order valence-electron chi connectivity index (χ4n) is 5.41. The van der Waals surface area contributed by atoms with Crippen LogP contribution >= 0.6 is 0 Å². The summed E-state index contributed by atoms with van der Waals surface area (Å²) in [5.74, 6) is 2.02. The van der Waals surface area contributed by atoms with Crippen LogP contribution in [0.5, 0.6) is 11.5 Å². The van der Waals surface area contributed by atoms with Crippen molar-refractivity contribution in [1.29, 1.82) is 0 Å². The molecule has 2 aliphatic rings. The van der Waals surface area contributed by atoms with Crippen LogP contribution in [-0.4, -0.2) is 61.2 Å². The summed E-state index contributed by atoms with van der Waals surface area (Å²) in [5, 5.41) is 19.7. The minimum Gasteiger partial charge on any atom is -0.493 e. The molecule has 37 heavy (non-hydrogen) atoms. The summed E-state index contributed by atoms with van der Waals surface area (Å²) in [6.07, 6.45) is 8.90. The Morgan fingerprint density at radius 3 is 2.70 bits per heavy atom. The fraction of sp³-hybridized carbons (Fsp3) is 0.464. The van der Waals surface area contributed by atoms with E-state index >= 15 is 0 Å². The van der Waals surface area contributed by atoms with E-state index in [0.29, 0.717) is 22.7 Å². The van der Waals surface area contributed by atoms with E-state index in [-0.39, 0.29) is 6.61 Å². The zero-order valence-corrected chi connectivity index (χ0v) is 21.7. The van der Waals surface area contributed by atoms with Crippen molar-refractivity contribution >= 4 is 5.52 Å². The van der Waals surface area contributed by atoms with Gasteiger partial charge in [0.15, 0.2) is 23.1 Å². The average molecular weight is 503 g/mol. The number of hydrogen-bond donors (Lipinski definition) is 1. The molecule has 9 nitrogen and oxygen atoms in total. The quantitative estimate of drug-likeness (QED) is 0.390. The maximum absolute atomic E-state index is 10.2. The SMILES string of the molecule is COc1cnn2cc(-c3nn4c(c3C)CN(CC3CCC3)CC4)cc(OC(CO)c3ccc(C)cn3)c12. The van der Waals surface area contributed by atoms with Gasteiger partial charge < -0.3 is 14.6 Å². The maximum atomic E-state index is 10.2. The van der Waals surface area contributed by atoms with Crippen molar-refractivity contribution in [2.75, 3.05) is 26.8 Å². The Kier molecular flexibility index (Phi) is 6.34. The van der Waals surface area contributed by atoms with Gasteiger partial charge in [0.1, 0.15) is 0 Å². The molecule has 194 valence electrons. The summed E-state index contributed by atoms with van der Waals surface area (Å²) >= 11 is 0. The van der Waals surface area contributed by atoms with Gasteiger partial charge >= 0.3 is 0 Å². The standard InChI is InChI=1S/C28H34N6O3/c1-18-7-8-22(29-12-18)26(17-35)37-24-11-21(15-34-28(24)25(36-3)13-30-34)27-19(2)23-16-32(9-10-33(23)31-27)14-20-5-4-6-20/h7-8,11-13,15,20,26,35H,4-6,9-10,14,16-17H2,1-3H3. The van der Waals surface area contributed by atoms with Gasteiger partial charge in [-0.2, -0.15) is 10.2 Å². The second-order valence-corrected chi connectivity index (χ2v) is 10.3. The first kappa shape index (κ1) is 23.9. The molecule has 6 rings (SSSR count). The lowest BCUT2D eigenvalue weighted by Gasteiger charge is -2.34. The number of rotatable bonds is 8. The number of ether oxygens (including phenoxy) is 2. The van der Waals surface area contributed by atoms with E-state index in [9.17, 15) is 5.11 Å². The Morgan fingerprint density at radius 2 is 2.00 bits per heavy atom. The number of hydrogen-bond acceptors (Lipinski definition) is 7. The molecule has 0 spiro atoms. The van der Waals surface area contributed by atoms with Crippen LogP contribution in [0.25, 0.3) is 16.8 Å². The molecular weight excluding hydrogens is 468 g/mol. The molecule has 1 unspecified atom stereocenters. The zero-order chi connectivity index (χ0) is 25.5. The van der Waals surface area contributed by atoms with Crippen LogP contribution in [0.4, 0.5) is 0 Å².